The number of anilines is 2. The highest BCUT2D eigenvalue weighted by molar-refractivity contribution is 7.29. The minimum atomic E-state index is 0.0396. The van der Waals surface area contributed by atoms with Crippen LogP contribution >= 0.6 is 45.3 Å². The molecule has 6 aromatic rings. The summed E-state index contributed by atoms with van der Waals surface area (Å²) >= 11 is 7.95. The molecule has 0 N–H and O–H groups in total. The largest absolute Gasteiger partial charge is 0.336 e. The summed E-state index contributed by atoms with van der Waals surface area (Å²) in [6.45, 7) is 19.9. The van der Waals surface area contributed by atoms with Crippen molar-refractivity contribution in [1.82, 2.24) is 0 Å². The molecule has 2 unspecified atom stereocenters. The highest BCUT2D eigenvalue weighted by atomic mass is 32.1. The molecule has 4 aromatic heterocycles. The fourth-order valence-electron chi connectivity index (χ4n) is 17.9. The molecule has 4 nitrogen and oxygen atoms in total. The fraction of sp³-hybridized carbons (Fsp3) is 0.686. The number of allylic oxidation sites excluding steroid dienone is 2. The standard InChI is InChI=1S/C102H158N2O2S4/c1-9-15-21-27-33-37-39-41-43-47-53-59-65-86-76-82(8)107-101(86)94-73-71-92(108-94)93-72-74-95(109-93)102-87(66-60-54-48-44-42-40-38-34-28-22-16-10-2)78-96(110-102)85-68-70-89-91(77-85)104(80-84(62-56-50-32-26-20-14-6)64-58-52-46-36-30-24-18-12-4)98(100(89)106)97-99(105)88-69-67-81(7)75-90(88)103(97)79-83(61-55-49-31-25-19-13-5)63-57-51-45-35-29-23-17-11-3/h67-78,83-84H,9-66,79-80H2,1-8H3/b98-97+. The maximum Gasteiger partial charge on any atom is 0.213 e. The Morgan fingerprint density at radius 1 is 0.282 bits per heavy atom. The molecular weight excluding hydrogens is 1410 g/mol. The van der Waals surface area contributed by atoms with Crippen molar-refractivity contribution in [2.24, 2.45) is 11.8 Å². The predicted octanol–water partition coefficient (Wildman–Crippen LogP) is 35.4. The molecule has 612 valence electrons. The third-order valence-electron chi connectivity index (χ3n) is 24.7. The van der Waals surface area contributed by atoms with Crippen molar-refractivity contribution < 1.29 is 9.59 Å². The Kier molecular flexibility index (Phi) is 45.5. The van der Waals surface area contributed by atoms with Crippen LogP contribution in [0.25, 0.3) is 39.7 Å². The molecule has 8 heteroatoms. The van der Waals surface area contributed by atoms with Gasteiger partial charge in [0.2, 0.25) is 11.6 Å². The molecule has 6 heterocycles. The molecule has 0 saturated carbocycles. The van der Waals surface area contributed by atoms with Crippen LogP contribution in [0.15, 0.2) is 84.2 Å². The van der Waals surface area contributed by atoms with Crippen molar-refractivity contribution in [3.63, 3.8) is 0 Å². The number of hydrogen-bond donors (Lipinski definition) is 0. The van der Waals surface area contributed by atoms with Crippen LogP contribution in [-0.2, 0) is 12.8 Å². The Bertz CT molecular complexity index is 3500. The van der Waals surface area contributed by atoms with Crippen LogP contribution < -0.4 is 9.80 Å². The number of thiophene rings is 4. The summed E-state index contributed by atoms with van der Waals surface area (Å²) in [6, 6.07) is 28.1. The number of nitrogens with zero attached hydrogens (tertiary/aromatic N) is 2. The lowest BCUT2D eigenvalue weighted by molar-refractivity contribution is 0.100. The zero-order valence-electron chi connectivity index (χ0n) is 71.9. The predicted molar refractivity (Wildman–Crippen MR) is 493 cm³/mol. The maximum absolute atomic E-state index is 16.2. The number of carbonyl (C=O) groups excluding carboxylic acids is 2. The van der Waals surface area contributed by atoms with Crippen LogP contribution in [0.1, 0.15) is 443 Å². The highest BCUT2D eigenvalue weighted by Gasteiger charge is 2.44. The van der Waals surface area contributed by atoms with Gasteiger partial charge in [-0.25, -0.2) is 0 Å². The number of unbranched alkanes of at least 4 members (excludes halogenated alkanes) is 46. The smallest absolute Gasteiger partial charge is 0.213 e. The summed E-state index contributed by atoms with van der Waals surface area (Å²) in [7, 11) is 0. The Morgan fingerprint density at radius 2 is 0.582 bits per heavy atom. The SMILES string of the molecule is CCCCCCCCCCCCCCc1cc(C)sc1-c1ccc(-c2ccc(-c3sc(-c4ccc5c(c4)N(CC(CCCCCCCC)CCCCCCCCCC)/C(=C4\C(=O)c6ccc(C)cc6N4CC(CCCCCCCC)CCCCCCCCCC)C5=O)cc3CCCCCCCCCCCCCC)s2)s1. The summed E-state index contributed by atoms with van der Waals surface area (Å²) in [5.41, 5.74) is 10.3. The van der Waals surface area contributed by atoms with E-state index in [0.717, 1.165) is 54.9 Å². The van der Waals surface area contributed by atoms with E-state index in [-0.39, 0.29) is 11.6 Å². The molecule has 8 rings (SSSR count). The van der Waals surface area contributed by atoms with E-state index in [2.05, 4.69) is 138 Å². The minimum absolute atomic E-state index is 0.0396. The van der Waals surface area contributed by atoms with Gasteiger partial charge in [0.25, 0.3) is 0 Å². The van der Waals surface area contributed by atoms with Crippen molar-refractivity contribution >= 4 is 68.3 Å². The third-order valence-corrected chi connectivity index (χ3v) is 29.7. The van der Waals surface area contributed by atoms with E-state index in [1.165, 1.54) is 409 Å². The van der Waals surface area contributed by atoms with E-state index in [1.54, 1.807) is 5.56 Å². The van der Waals surface area contributed by atoms with Gasteiger partial charge >= 0.3 is 0 Å². The Balaban J connectivity index is 1.12. The summed E-state index contributed by atoms with van der Waals surface area (Å²) < 4.78 is 0. The third kappa shape index (κ3) is 31.2. The van der Waals surface area contributed by atoms with Gasteiger partial charge in [0, 0.05) is 63.2 Å². The molecule has 0 bridgehead atoms. The Labute approximate surface area is 691 Å². The molecule has 110 heavy (non-hydrogen) atoms. The number of ketones is 2. The monoisotopic (exact) mass is 1570 g/mol. The molecule has 2 aliphatic heterocycles. The van der Waals surface area contributed by atoms with Crippen LogP contribution in [0.4, 0.5) is 11.4 Å². The van der Waals surface area contributed by atoms with Crippen molar-refractivity contribution in [3.05, 3.63) is 117 Å². The number of aryl methyl sites for hydroxylation is 4. The zero-order valence-corrected chi connectivity index (χ0v) is 75.1. The van der Waals surface area contributed by atoms with Gasteiger partial charge in [-0.2, -0.15) is 0 Å². The van der Waals surface area contributed by atoms with E-state index < -0.39 is 0 Å². The number of fused-ring (bicyclic) bond motifs is 2. The molecule has 0 fully saturated rings. The molecule has 0 saturated heterocycles. The van der Waals surface area contributed by atoms with Gasteiger partial charge in [0.1, 0.15) is 11.4 Å². The first-order valence-electron chi connectivity index (χ1n) is 47.2. The van der Waals surface area contributed by atoms with Crippen molar-refractivity contribution in [3.8, 4) is 39.7 Å². The lowest BCUT2D eigenvalue weighted by Gasteiger charge is -2.32. The number of hydrogen-bond acceptors (Lipinski definition) is 8. The first-order valence-corrected chi connectivity index (χ1v) is 50.4. The molecular formula is C102H158N2O2S4. The number of benzene rings is 2. The quantitative estimate of drug-likeness (QED) is 0.0282. The van der Waals surface area contributed by atoms with Gasteiger partial charge in [-0.15, -0.1) is 45.3 Å². The number of Topliss-reactive ketones (excluding diaryl/α,β-unsaturated/α-hetero) is 2. The average Bonchev–Trinajstić information content (AvgIpc) is 1.57. The van der Waals surface area contributed by atoms with Crippen LogP contribution in [0, 0.1) is 25.7 Å². The minimum Gasteiger partial charge on any atom is -0.336 e. The van der Waals surface area contributed by atoms with Gasteiger partial charge in [-0.3, -0.25) is 9.59 Å². The van der Waals surface area contributed by atoms with Gasteiger partial charge < -0.3 is 9.80 Å². The van der Waals surface area contributed by atoms with Gasteiger partial charge in [0.15, 0.2) is 0 Å². The van der Waals surface area contributed by atoms with Gasteiger partial charge in [-0.05, 0) is 160 Å². The molecule has 0 radical (unpaired) electrons. The summed E-state index contributed by atoms with van der Waals surface area (Å²) in [5, 5.41) is 0. The molecule has 0 aliphatic carbocycles. The molecule has 2 aromatic carbocycles. The highest BCUT2D eigenvalue weighted by Crippen LogP contribution is 2.50. The summed E-state index contributed by atoms with van der Waals surface area (Å²) in [6.07, 6.45) is 76.0. The first kappa shape index (κ1) is 91.4. The Morgan fingerprint density at radius 3 is 0.945 bits per heavy atom. The molecule has 0 spiro atoms. The van der Waals surface area contributed by atoms with E-state index in [4.69, 9.17) is 0 Å². The summed E-state index contributed by atoms with van der Waals surface area (Å²) in [5.74, 6) is 0.912. The van der Waals surface area contributed by atoms with Gasteiger partial charge in [-0.1, -0.05) is 375 Å². The van der Waals surface area contributed by atoms with E-state index in [1.807, 2.05) is 45.3 Å². The maximum atomic E-state index is 16.2. The van der Waals surface area contributed by atoms with Crippen LogP contribution in [0.2, 0.25) is 0 Å². The van der Waals surface area contributed by atoms with E-state index in [0.29, 0.717) is 23.2 Å². The van der Waals surface area contributed by atoms with Crippen LogP contribution in [0.3, 0.4) is 0 Å². The topological polar surface area (TPSA) is 40.6 Å². The first-order chi connectivity index (χ1) is 54.1. The fourth-order valence-corrected chi connectivity index (χ4v) is 22.6. The normalized spacial score (nSPS) is 14.2. The lowest BCUT2D eigenvalue weighted by atomic mass is 9.92. The lowest BCUT2D eigenvalue weighted by Crippen LogP contribution is -2.35. The molecule has 2 aliphatic rings. The van der Waals surface area contributed by atoms with Crippen molar-refractivity contribution in [1.29, 1.82) is 0 Å². The zero-order chi connectivity index (χ0) is 77.6. The molecule has 2 atom stereocenters. The number of rotatable bonds is 66. The van der Waals surface area contributed by atoms with Crippen molar-refractivity contribution in [2.75, 3.05) is 22.9 Å². The number of carbonyl (C=O) groups is 2. The second kappa shape index (κ2) is 54.7. The van der Waals surface area contributed by atoms with Crippen LogP contribution in [0.5, 0.6) is 0 Å². The van der Waals surface area contributed by atoms with Gasteiger partial charge in [0.05, 0.1) is 11.4 Å². The second-order valence-corrected chi connectivity index (χ2v) is 39.0. The van der Waals surface area contributed by atoms with Crippen LogP contribution in [-0.4, -0.2) is 24.7 Å². The average molecular weight is 1570 g/mol. The van der Waals surface area contributed by atoms with E-state index in [9.17, 15) is 0 Å². The van der Waals surface area contributed by atoms with E-state index >= 15 is 9.59 Å². The second-order valence-electron chi connectivity index (χ2n) is 34.5. The summed E-state index contributed by atoms with van der Waals surface area (Å²) in [4.78, 5) is 48.2. The van der Waals surface area contributed by atoms with Crippen molar-refractivity contribution in [2.45, 2.75) is 428 Å². The Hall–Kier alpha value is -4.08. The molecule has 0 amide bonds.